The number of piperidine rings is 1. The Kier molecular flexibility index (Phi) is 4.44. The topological polar surface area (TPSA) is 46.3 Å². The van der Waals surface area contributed by atoms with Gasteiger partial charge in [-0.05, 0) is 42.0 Å². The highest BCUT2D eigenvalue weighted by molar-refractivity contribution is 5.90. The number of rotatable bonds is 3. The zero-order valence-corrected chi connectivity index (χ0v) is 13.2. The number of hydrogen-bond acceptors (Lipinski definition) is 2. The quantitative estimate of drug-likeness (QED) is 0.946. The first kappa shape index (κ1) is 15.0. The number of likely N-dealkylation sites (tertiary alicyclic amines) is 1. The molecule has 116 valence electrons. The van der Waals surface area contributed by atoms with Crippen LogP contribution in [0.15, 0.2) is 42.5 Å². The number of nitrogens with zero attached hydrogens (tertiary/aromatic N) is 1. The van der Waals surface area contributed by atoms with Crippen molar-refractivity contribution in [1.82, 2.24) is 4.90 Å². The van der Waals surface area contributed by atoms with Gasteiger partial charge >= 0.3 is 0 Å². The minimum Gasteiger partial charge on any atom is -0.342 e. The summed E-state index contributed by atoms with van der Waals surface area (Å²) >= 11 is 0. The predicted molar refractivity (Wildman–Crippen MR) is 90.6 cm³/mol. The van der Waals surface area contributed by atoms with Crippen LogP contribution >= 0.6 is 0 Å². The largest absolute Gasteiger partial charge is 0.342 e. The molecule has 0 unspecified atom stereocenters. The lowest BCUT2D eigenvalue weighted by atomic mass is 9.91. The molecule has 0 aromatic heterocycles. The van der Waals surface area contributed by atoms with Crippen molar-refractivity contribution < 1.29 is 4.79 Å². The van der Waals surface area contributed by atoms with Gasteiger partial charge in [-0.1, -0.05) is 42.5 Å². The van der Waals surface area contributed by atoms with Gasteiger partial charge in [0.25, 0.3) is 0 Å². The van der Waals surface area contributed by atoms with Crippen molar-refractivity contribution in [3.05, 3.63) is 48.0 Å². The molecule has 0 spiro atoms. The van der Waals surface area contributed by atoms with Crippen LogP contribution < -0.4 is 5.73 Å². The third kappa shape index (κ3) is 3.14. The van der Waals surface area contributed by atoms with Gasteiger partial charge in [0.1, 0.15) is 0 Å². The van der Waals surface area contributed by atoms with Gasteiger partial charge in [-0.2, -0.15) is 0 Å². The summed E-state index contributed by atoms with van der Waals surface area (Å²) in [5.41, 5.74) is 7.14. The molecule has 2 aromatic carbocycles. The maximum Gasteiger partial charge on any atom is 0.227 e. The van der Waals surface area contributed by atoms with E-state index in [9.17, 15) is 4.79 Å². The molecule has 3 rings (SSSR count). The van der Waals surface area contributed by atoms with E-state index < -0.39 is 0 Å². The minimum absolute atomic E-state index is 0.160. The first-order valence-corrected chi connectivity index (χ1v) is 8.15. The van der Waals surface area contributed by atoms with Crippen molar-refractivity contribution in [3.8, 4) is 0 Å². The number of carbonyl (C=O) groups is 1. The number of benzene rings is 2. The van der Waals surface area contributed by atoms with Gasteiger partial charge < -0.3 is 10.6 Å². The van der Waals surface area contributed by atoms with Crippen LogP contribution in [0.2, 0.25) is 0 Å². The lowest BCUT2D eigenvalue weighted by Gasteiger charge is -2.34. The molecule has 1 saturated heterocycles. The Morgan fingerprint density at radius 2 is 2.05 bits per heavy atom. The SMILES string of the molecule is C[C@H](N)[C@@H]1CCCN(C(=O)Cc2cccc3ccccc23)C1. The van der Waals surface area contributed by atoms with E-state index in [-0.39, 0.29) is 11.9 Å². The van der Waals surface area contributed by atoms with Crippen LogP contribution in [0.4, 0.5) is 0 Å². The summed E-state index contributed by atoms with van der Waals surface area (Å²) in [6.45, 7) is 3.72. The van der Waals surface area contributed by atoms with Crippen LogP contribution in [0.1, 0.15) is 25.3 Å². The number of carbonyl (C=O) groups excluding carboxylic acids is 1. The normalized spacial score (nSPS) is 20.1. The maximum absolute atomic E-state index is 12.7. The summed E-state index contributed by atoms with van der Waals surface area (Å²) in [6.07, 6.45) is 2.68. The Hall–Kier alpha value is -1.87. The van der Waals surface area contributed by atoms with Crippen molar-refractivity contribution in [2.75, 3.05) is 13.1 Å². The molecule has 3 nitrogen and oxygen atoms in total. The Bertz CT molecular complexity index is 660. The van der Waals surface area contributed by atoms with Crippen molar-refractivity contribution >= 4 is 16.7 Å². The highest BCUT2D eigenvalue weighted by atomic mass is 16.2. The van der Waals surface area contributed by atoms with E-state index in [0.29, 0.717) is 12.3 Å². The Balaban J connectivity index is 1.76. The molecule has 0 radical (unpaired) electrons. The molecule has 0 saturated carbocycles. The molecule has 0 bridgehead atoms. The zero-order valence-electron chi connectivity index (χ0n) is 13.2. The molecular weight excluding hydrogens is 272 g/mol. The van der Waals surface area contributed by atoms with Gasteiger partial charge in [-0.15, -0.1) is 0 Å². The van der Waals surface area contributed by atoms with E-state index in [4.69, 9.17) is 5.73 Å². The average molecular weight is 296 g/mol. The highest BCUT2D eigenvalue weighted by Crippen LogP contribution is 2.22. The molecule has 1 amide bonds. The van der Waals surface area contributed by atoms with E-state index in [1.807, 2.05) is 30.0 Å². The van der Waals surface area contributed by atoms with Crippen LogP contribution in [-0.2, 0) is 11.2 Å². The average Bonchev–Trinajstić information content (AvgIpc) is 2.55. The van der Waals surface area contributed by atoms with Gasteiger partial charge in [0.15, 0.2) is 0 Å². The molecule has 3 heteroatoms. The summed E-state index contributed by atoms with van der Waals surface area (Å²) in [6, 6.07) is 14.6. The molecule has 2 N–H and O–H groups in total. The number of amides is 1. The maximum atomic E-state index is 12.7. The van der Waals surface area contributed by atoms with Crippen molar-refractivity contribution in [2.24, 2.45) is 11.7 Å². The van der Waals surface area contributed by atoms with Crippen molar-refractivity contribution in [1.29, 1.82) is 0 Å². The van der Waals surface area contributed by atoms with E-state index >= 15 is 0 Å². The Morgan fingerprint density at radius 3 is 2.86 bits per heavy atom. The molecule has 0 aliphatic carbocycles. The second kappa shape index (κ2) is 6.49. The standard InChI is InChI=1S/C19H24N2O/c1-14(20)17-9-5-11-21(13-17)19(22)12-16-8-4-7-15-6-2-3-10-18(15)16/h2-4,6-8,10,14,17H,5,9,11-13,20H2,1H3/t14-,17+/m0/s1. The van der Waals surface area contributed by atoms with Crippen molar-refractivity contribution in [2.45, 2.75) is 32.2 Å². The number of nitrogens with two attached hydrogens (primary N) is 1. The Labute approximate surface area is 132 Å². The fourth-order valence-corrected chi connectivity index (χ4v) is 3.39. The summed E-state index contributed by atoms with van der Waals surface area (Å²) in [7, 11) is 0. The van der Waals surface area contributed by atoms with Gasteiger partial charge in [0.2, 0.25) is 5.91 Å². The van der Waals surface area contributed by atoms with E-state index in [0.717, 1.165) is 31.5 Å². The first-order valence-electron chi connectivity index (χ1n) is 8.15. The molecule has 2 atom stereocenters. The summed E-state index contributed by atoms with van der Waals surface area (Å²) in [4.78, 5) is 14.7. The second-order valence-electron chi connectivity index (χ2n) is 6.42. The highest BCUT2D eigenvalue weighted by Gasteiger charge is 2.25. The smallest absolute Gasteiger partial charge is 0.227 e. The van der Waals surface area contributed by atoms with Crippen LogP contribution in [0.25, 0.3) is 10.8 Å². The minimum atomic E-state index is 0.160. The fourth-order valence-electron chi connectivity index (χ4n) is 3.39. The zero-order chi connectivity index (χ0) is 15.5. The summed E-state index contributed by atoms with van der Waals surface area (Å²) in [5, 5.41) is 2.37. The molecule has 2 aromatic rings. The van der Waals surface area contributed by atoms with E-state index in [1.54, 1.807) is 0 Å². The monoisotopic (exact) mass is 296 g/mol. The summed E-state index contributed by atoms with van der Waals surface area (Å²) < 4.78 is 0. The Morgan fingerprint density at radius 1 is 1.27 bits per heavy atom. The van der Waals surface area contributed by atoms with Gasteiger partial charge in [0.05, 0.1) is 6.42 Å². The third-order valence-corrected chi connectivity index (χ3v) is 4.78. The van der Waals surface area contributed by atoms with E-state index in [2.05, 4.69) is 24.3 Å². The van der Waals surface area contributed by atoms with Gasteiger partial charge in [-0.3, -0.25) is 4.79 Å². The molecule has 1 fully saturated rings. The second-order valence-corrected chi connectivity index (χ2v) is 6.42. The van der Waals surface area contributed by atoms with Crippen molar-refractivity contribution in [3.63, 3.8) is 0 Å². The predicted octanol–water partition coefficient (Wildman–Crippen LogP) is 2.97. The van der Waals surface area contributed by atoms with E-state index in [1.165, 1.54) is 10.8 Å². The van der Waals surface area contributed by atoms with Crippen LogP contribution in [0, 0.1) is 5.92 Å². The van der Waals surface area contributed by atoms with Crippen LogP contribution in [0.5, 0.6) is 0 Å². The van der Waals surface area contributed by atoms with Crippen LogP contribution in [0.3, 0.4) is 0 Å². The first-order chi connectivity index (χ1) is 10.6. The number of fused-ring (bicyclic) bond motifs is 1. The summed E-state index contributed by atoms with van der Waals surface area (Å²) in [5.74, 6) is 0.659. The van der Waals surface area contributed by atoms with Gasteiger partial charge in [-0.25, -0.2) is 0 Å². The lowest BCUT2D eigenvalue weighted by molar-refractivity contribution is -0.132. The molecule has 1 aliphatic heterocycles. The molecule has 1 heterocycles. The third-order valence-electron chi connectivity index (χ3n) is 4.78. The number of hydrogen-bond donors (Lipinski definition) is 1. The molecule has 1 aliphatic rings. The fraction of sp³-hybridized carbons (Fsp3) is 0.421. The van der Waals surface area contributed by atoms with Crippen LogP contribution in [-0.4, -0.2) is 29.9 Å². The van der Waals surface area contributed by atoms with Gasteiger partial charge in [0, 0.05) is 19.1 Å². The molecule has 22 heavy (non-hydrogen) atoms. The molecular formula is C19H24N2O. The lowest BCUT2D eigenvalue weighted by Crippen LogP contribution is -2.45.